The van der Waals surface area contributed by atoms with E-state index >= 15 is 0 Å². The Balaban J connectivity index is 1.23. The molecule has 3 aromatic heterocycles. The minimum absolute atomic E-state index is 0.00823. The molecule has 4 aromatic rings. The maximum absolute atomic E-state index is 14.9. The lowest BCUT2D eigenvalue weighted by molar-refractivity contribution is -0.687. The van der Waals surface area contributed by atoms with Gasteiger partial charge in [0.15, 0.2) is 29.8 Å². The monoisotopic (exact) mass is 732 g/mol. The Bertz CT molecular complexity index is 2080. The van der Waals surface area contributed by atoms with E-state index in [0.29, 0.717) is 5.57 Å². The van der Waals surface area contributed by atoms with Gasteiger partial charge in [0.2, 0.25) is 0 Å². The van der Waals surface area contributed by atoms with Crippen molar-refractivity contribution in [1.29, 1.82) is 5.41 Å². The number of thiazole rings is 1. The molecule has 1 fully saturated rings. The number of aromatic nitrogens is 3. The largest absolute Gasteiger partial charge is 0.477 e. The molecule has 2 atom stereocenters. The van der Waals surface area contributed by atoms with Gasteiger partial charge in [0.25, 0.3) is 11.8 Å². The van der Waals surface area contributed by atoms with Gasteiger partial charge in [-0.1, -0.05) is 39.7 Å². The quantitative estimate of drug-likeness (QED) is 0.0533. The van der Waals surface area contributed by atoms with E-state index < -0.39 is 35.0 Å². The first-order chi connectivity index (χ1) is 22.9. The van der Waals surface area contributed by atoms with Crippen molar-refractivity contribution in [3.8, 4) is 0 Å². The van der Waals surface area contributed by atoms with Crippen LogP contribution in [-0.2, 0) is 32.3 Å². The first kappa shape index (κ1) is 33.2. The number of anilines is 1. The van der Waals surface area contributed by atoms with Crippen LogP contribution in [0.2, 0.25) is 9.36 Å². The van der Waals surface area contributed by atoms with Crippen LogP contribution in [0.4, 0.5) is 9.52 Å². The SMILES string of the molecule is CO/N=C(\C(=O)N[C@@H]1C(=O)N2C(C(=O)O)=C(C[n+]3ccc4ccn(Cc5c(F)cc(C(=N)N)cc5Cl)c4c3)CS[C@H]12)c1nc(N)sc1Cl. The second-order valence-electron chi connectivity index (χ2n) is 10.6. The highest BCUT2D eigenvalue weighted by Crippen LogP contribution is 2.40. The number of rotatable bonds is 10. The van der Waals surface area contributed by atoms with Crippen molar-refractivity contribution in [1.82, 2.24) is 19.8 Å². The number of oxime groups is 1. The number of fused-ring (bicyclic) bond motifs is 2. The van der Waals surface area contributed by atoms with Gasteiger partial charge < -0.3 is 31.3 Å². The van der Waals surface area contributed by atoms with Gasteiger partial charge in [0, 0.05) is 45.1 Å². The molecule has 5 heterocycles. The molecule has 48 heavy (non-hydrogen) atoms. The van der Waals surface area contributed by atoms with Crippen LogP contribution in [0.5, 0.6) is 0 Å². The fraction of sp³-hybridized carbons (Fsp3) is 0.207. The number of carbonyl (C=O) groups excluding carboxylic acids is 2. The van der Waals surface area contributed by atoms with Crippen molar-refractivity contribution in [3.63, 3.8) is 0 Å². The molecule has 2 aliphatic rings. The Morgan fingerprint density at radius 1 is 1.33 bits per heavy atom. The Hall–Kier alpha value is -4.71. The number of β-lactam (4-membered cyclic amide) rings is 1. The fourth-order valence-electron chi connectivity index (χ4n) is 5.47. The van der Waals surface area contributed by atoms with Crippen LogP contribution in [0, 0.1) is 11.2 Å². The molecule has 0 radical (unpaired) electrons. The molecule has 0 bridgehead atoms. The van der Waals surface area contributed by atoms with Crippen LogP contribution >= 0.6 is 46.3 Å². The summed E-state index contributed by atoms with van der Waals surface area (Å²) in [6.07, 6.45) is 5.35. The highest BCUT2D eigenvalue weighted by molar-refractivity contribution is 8.00. The first-order valence-corrected chi connectivity index (χ1v) is 16.5. The number of carbonyl (C=O) groups is 3. The summed E-state index contributed by atoms with van der Waals surface area (Å²) in [6, 6.07) is 5.25. The van der Waals surface area contributed by atoms with Gasteiger partial charge in [-0.2, -0.15) is 4.57 Å². The van der Waals surface area contributed by atoms with E-state index in [1.165, 1.54) is 24.9 Å². The number of nitrogens with one attached hydrogen (secondary N) is 2. The maximum Gasteiger partial charge on any atom is 0.352 e. The molecule has 19 heteroatoms. The van der Waals surface area contributed by atoms with Crippen molar-refractivity contribution in [3.05, 3.63) is 86.1 Å². The molecule has 6 rings (SSSR count). The lowest BCUT2D eigenvalue weighted by Crippen LogP contribution is -2.71. The lowest BCUT2D eigenvalue weighted by Gasteiger charge is -2.49. The summed E-state index contributed by atoms with van der Waals surface area (Å²) < 4.78 is 18.6. The second kappa shape index (κ2) is 13.1. The number of carboxylic acids is 1. The molecule has 248 valence electrons. The van der Waals surface area contributed by atoms with Crippen LogP contribution in [0.1, 0.15) is 16.8 Å². The van der Waals surface area contributed by atoms with Crippen molar-refractivity contribution in [2.75, 3.05) is 18.6 Å². The maximum atomic E-state index is 14.9. The molecule has 7 N–H and O–H groups in total. The fourth-order valence-corrected chi connectivity index (χ4v) is 8.00. The molecule has 14 nitrogen and oxygen atoms in total. The van der Waals surface area contributed by atoms with Crippen LogP contribution in [-0.4, -0.2) is 73.2 Å². The van der Waals surface area contributed by atoms with Crippen molar-refractivity contribution >= 4 is 91.7 Å². The summed E-state index contributed by atoms with van der Waals surface area (Å²) >= 11 is 14.7. The zero-order valence-electron chi connectivity index (χ0n) is 24.7. The van der Waals surface area contributed by atoms with E-state index in [1.807, 2.05) is 12.1 Å². The number of pyridine rings is 1. The minimum Gasteiger partial charge on any atom is -0.477 e. The summed E-state index contributed by atoms with van der Waals surface area (Å²) in [5.41, 5.74) is 12.3. The zero-order valence-corrected chi connectivity index (χ0v) is 27.9. The van der Waals surface area contributed by atoms with Crippen molar-refractivity contribution in [2.24, 2.45) is 10.9 Å². The molecular formula is C29H25Cl2FN9O5S2+. The minimum atomic E-state index is -1.29. The molecule has 0 saturated carbocycles. The number of hydrogen-bond donors (Lipinski definition) is 5. The third-order valence-electron chi connectivity index (χ3n) is 7.69. The van der Waals surface area contributed by atoms with Gasteiger partial charge in [-0.3, -0.25) is 19.9 Å². The molecule has 2 aliphatic heterocycles. The van der Waals surface area contributed by atoms with Gasteiger partial charge in [0.05, 0.1) is 6.54 Å². The van der Waals surface area contributed by atoms with E-state index in [-0.39, 0.29) is 67.4 Å². The number of nitrogens with two attached hydrogens (primary N) is 2. The molecule has 0 spiro atoms. The number of amidine groups is 1. The van der Waals surface area contributed by atoms with Crippen LogP contribution in [0.25, 0.3) is 10.9 Å². The smallest absolute Gasteiger partial charge is 0.352 e. The molecule has 0 aliphatic carbocycles. The van der Waals surface area contributed by atoms with E-state index in [9.17, 15) is 23.9 Å². The van der Waals surface area contributed by atoms with Gasteiger partial charge in [-0.05, 0) is 18.2 Å². The molecule has 0 unspecified atom stereocenters. The zero-order chi connectivity index (χ0) is 34.4. The number of carboxylic acid groups (broad SMARTS) is 1. The van der Waals surface area contributed by atoms with Crippen LogP contribution in [0.15, 0.2) is 59.3 Å². The standard InChI is InChI=1S/C29H24Cl2FN9O5S2/c1-46-38-20(19-23(31)48-29(35)37-19)25(42)36-21-26(43)41-22(28(44)45)14(11-47-27(21)41)8-39-4-2-12-3-5-40(18(12)10-39)9-15-16(30)6-13(24(33)34)7-17(15)32/h2-7,10,21,27H,8-9,11H2,1H3,(H6-,33,34,35,36,37,42,44,45)/p+1/b38-20-/t21-,27-/m1/s1. The third kappa shape index (κ3) is 6.05. The number of halogens is 3. The predicted molar refractivity (Wildman–Crippen MR) is 178 cm³/mol. The summed E-state index contributed by atoms with van der Waals surface area (Å²) in [4.78, 5) is 48.9. The number of thioether (sulfide) groups is 1. The van der Waals surface area contributed by atoms with Gasteiger partial charge in [-0.15, -0.1) is 11.8 Å². The molecule has 1 saturated heterocycles. The summed E-state index contributed by atoms with van der Waals surface area (Å²) in [6.45, 7) is 0.227. The Morgan fingerprint density at radius 3 is 2.75 bits per heavy atom. The average molecular weight is 734 g/mol. The van der Waals surface area contributed by atoms with Crippen molar-refractivity contribution in [2.45, 2.75) is 24.5 Å². The number of nitrogen functional groups attached to an aromatic ring is 2. The van der Waals surface area contributed by atoms with Crippen molar-refractivity contribution < 1.29 is 33.3 Å². The van der Waals surface area contributed by atoms with Gasteiger partial charge >= 0.3 is 5.97 Å². The Labute approximate surface area is 289 Å². The topological polar surface area (TPSA) is 206 Å². The average Bonchev–Trinajstić information content (AvgIpc) is 3.60. The summed E-state index contributed by atoms with van der Waals surface area (Å²) in [7, 11) is 1.23. The summed E-state index contributed by atoms with van der Waals surface area (Å²) in [5.74, 6) is -3.34. The number of amides is 2. The van der Waals surface area contributed by atoms with E-state index in [4.69, 9.17) is 44.9 Å². The highest BCUT2D eigenvalue weighted by Gasteiger charge is 2.55. The van der Waals surface area contributed by atoms with Gasteiger partial charge in [-0.25, -0.2) is 14.2 Å². The summed E-state index contributed by atoms with van der Waals surface area (Å²) in [5, 5.41) is 24.5. The van der Waals surface area contributed by atoms with E-state index in [1.54, 1.807) is 27.7 Å². The van der Waals surface area contributed by atoms with Gasteiger partial charge in [0.1, 0.15) is 51.4 Å². The van der Waals surface area contributed by atoms with E-state index in [0.717, 1.165) is 33.2 Å². The third-order valence-corrected chi connectivity index (χ3v) is 10.4. The lowest BCUT2D eigenvalue weighted by atomic mass is 10.0. The molecule has 1 aromatic carbocycles. The highest BCUT2D eigenvalue weighted by atomic mass is 35.5. The molecule has 2 amide bonds. The number of hydrogen-bond acceptors (Lipinski definition) is 10. The number of nitrogens with zero attached hydrogens (tertiary/aromatic N) is 5. The first-order valence-electron chi connectivity index (χ1n) is 13.9. The van der Waals surface area contributed by atoms with Crippen LogP contribution in [0.3, 0.4) is 0 Å². The molecular weight excluding hydrogens is 708 g/mol. The Morgan fingerprint density at radius 2 is 2.10 bits per heavy atom. The van der Waals surface area contributed by atoms with E-state index in [2.05, 4.69) is 15.5 Å². The predicted octanol–water partition coefficient (Wildman–Crippen LogP) is 2.54. The Kier molecular flexibility index (Phi) is 9.04. The normalized spacial score (nSPS) is 17.7. The number of benzene rings is 1. The van der Waals surface area contributed by atoms with Crippen LogP contribution < -0.4 is 21.4 Å². The number of aliphatic carboxylic acids is 1. The second-order valence-corrected chi connectivity index (χ2v) is 13.8.